The van der Waals surface area contributed by atoms with E-state index in [1.165, 1.54) is 10.6 Å². The maximum absolute atomic E-state index is 15.2. The maximum Gasteiger partial charge on any atom is 0.417 e. The first kappa shape index (κ1) is 29.2. The van der Waals surface area contributed by atoms with E-state index in [2.05, 4.69) is 16.5 Å². The van der Waals surface area contributed by atoms with Crippen LogP contribution in [-0.4, -0.2) is 89.0 Å². The lowest BCUT2D eigenvalue weighted by molar-refractivity contribution is -0.137. The van der Waals surface area contributed by atoms with Crippen LogP contribution < -0.4 is 10.6 Å². The number of fused-ring (bicyclic) bond motifs is 2. The van der Waals surface area contributed by atoms with Crippen LogP contribution in [0.15, 0.2) is 46.6 Å². The zero-order valence-electron chi connectivity index (χ0n) is 23.4. The van der Waals surface area contributed by atoms with Gasteiger partial charge in [0.05, 0.1) is 29.8 Å². The Labute approximate surface area is 253 Å². The molecule has 4 aliphatic heterocycles. The van der Waals surface area contributed by atoms with Gasteiger partial charge in [-0.2, -0.15) is 18.2 Å². The Morgan fingerprint density at radius 2 is 1.93 bits per heavy atom. The summed E-state index contributed by atoms with van der Waals surface area (Å²) >= 11 is 1.14. The van der Waals surface area contributed by atoms with E-state index in [-0.39, 0.29) is 71.6 Å². The van der Waals surface area contributed by atoms with Gasteiger partial charge < -0.3 is 14.5 Å². The average Bonchev–Trinajstić information content (AvgIpc) is 3.62. The number of ether oxygens (including phenoxy) is 1. The number of morpholine rings is 1. The first-order chi connectivity index (χ1) is 21.0. The Morgan fingerprint density at radius 1 is 1.16 bits per heavy atom. The molecular formula is C30H28F5N5O3S. The van der Waals surface area contributed by atoms with Crippen molar-refractivity contribution in [1.29, 1.82) is 0 Å². The minimum atomic E-state index is -4.90. The van der Waals surface area contributed by atoms with Crippen molar-refractivity contribution in [2.75, 3.05) is 56.5 Å². The molecule has 0 saturated carbocycles. The predicted octanol–water partition coefficient (Wildman–Crippen LogP) is 4.32. The molecule has 1 amide bonds. The smallest absolute Gasteiger partial charge is 0.375 e. The van der Waals surface area contributed by atoms with Crippen LogP contribution >= 0.6 is 11.8 Å². The van der Waals surface area contributed by atoms with E-state index in [0.717, 1.165) is 36.4 Å². The van der Waals surface area contributed by atoms with Gasteiger partial charge in [-0.15, -0.1) is 11.8 Å². The highest BCUT2D eigenvalue weighted by Gasteiger charge is 2.43. The van der Waals surface area contributed by atoms with Crippen molar-refractivity contribution in [3.63, 3.8) is 0 Å². The van der Waals surface area contributed by atoms with Gasteiger partial charge in [0.1, 0.15) is 17.5 Å². The second-order valence-corrected chi connectivity index (χ2v) is 12.5. The second-order valence-electron chi connectivity index (χ2n) is 11.5. The topological polar surface area (TPSA) is 70.9 Å². The van der Waals surface area contributed by atoms with Crippen LogP contribution in [0.5, 0.6) is 0 Å². The number of anilines is 1. The molecule has 2 aromatic carbocycles. The fourth-order valence-electron chi connectivity index (χ4n) is 6.89. The number of nitrogens with zero attached hydrogens (tertiary/aromatic N) is 5. The van der Waals surface area contributed by atoms with E-state index < -0.39 is 46.2 Å². The van der Waals surface area contributed by atoms with Crippen molar-refractivity contribution in [1.82, 2.24) is 19.4 Å². The average molecular weight is 634 g/mol. The number of aromatic nitrogens is 2. The quantitative estimate of drug-likeness (QED) is 0.307. The summed E-state index contributed by atoms with van der Waals surface area (Å²) in [7, 11) is 0. The van der Waals surface area contributed by atoms with Gasteiger partial charge in [0.25, 0.3) is 0 Å². The van der Waals surface area contributed by atoms with Gasteiger partial charge in [0, 0.05) is 78.5 Å². The second kappa shape index (κ2) is 10.8. The summed E-state index contributed by atoms with van der Waals surface area (Å²) < 4.78 is 80.6. The van der Waals surface area contributed by atoms with Crippen molar-refractivity contribution in [3.8, 4) is 11.1 Å². The number of piperazine rings is 1. The molecule has 0 unspecified atom stereocenters. The van der Waals surface area contributed by atoms with Crippen LogP contribution in [-0.2, 0) is 15.7 Å². The number of hydrogen-bond donors (Lipinski definition) is 0. The highest BCUT2D eigenvalue weighted by atomic mass is 32.2. The number of amides is 1. The van der Waals surface area contributed by atoms with Crippen molar-refractivity contribution >= 4 is 34.4 Å². The molecule has 4 aliphatic rings. The van der Waals surface area contributed by atoms with Crippen molar-refractivity contribution in [3.05, 3.63) is 64.6 Å². The summed E-state index contributed by atoms with van der Waals surface area (Å²) in [5.74, 6) is -1.96. The van der Waals surface area contributed by atoms with Crippen LogP contribution in [0.25, 0.3) is 22.0 Å². The van der Waals surface area contributed by atoms with E-state index in [9.17, 15) is 27.2 Å². The van der Waals surface area contributed by atoms with E-state index in [0.29, 0.717) is 25.8 Å². The summed E-state index contributed by atoms with van der Waals surface area (Å²) in [6.45, 7) is 6.30. The van der Waals surface area contributed by atoms with E-state index >= 15 is 4.39 Å². The minimum absolute atomic E-state index is 0.0831. The first-order valence-electron chi connectivity index (χ1n) is 14.3. The standard InChI is InChI=1S/C30H28F5N5O3S/c1-2-24(41)37-5-7-38(8-6-37)28-21-11-22(30(33,34)35)25(20-4-3-16(31)9-23(20)32)27-26(21)40(29(42)36-28)18(15-44-27)12-39-13-19-10-17(39)14-43-19/h2-4,9,11,17-19H,1,5-8,10,12-15H2/t17-,18-,19-/m0/s1. The lowest BCUT2D eigenvalue weighted by Crippen LogP contribution is -2.49. The molecule has 5 heterocycles. The third-order valence-electron chi connectivity index (χ3n) is 8.96. The van der Waals surface area contributed by atoms with Crippen LogP contribution in [0.2, 0.25) is 0 Å². The predicted molar refractivity (Wildman–Crippen MR) is 155 cm³/mol. The normalized spacial score (nSPS) is 23.5. The number of carbonyl (C=O) groups excluding carboxylic acids is 1. The van der Waals surface area contributed by atoms with Gasteiger partial charge in [-0.05, 0) is 30.7 Å². The number of benzene rings is 2. The molecule has 7 rings (SSSR count). The molecule has 14 heteroatoms. The number of alkyl halides is 3. The van der Waals surface area contributed by atoms with E-state index in [1.807, 2.05) is 0 Å². The molecule has 3 aromatic rings. The molecule has 3 saturated heterocycles. The fourth-order valence-corrected chi connectivity index (χ4v) is 8.21. The Bertz CT molecular complexity index is 1740. The number of rotatable bonds is 5. The number of carbonyl (C=O) groups is 1. The Hall–Kier alpha value is -3.49. The zero-order valence-corrected chi connectivity index (χ0v) is 24.3. The van der Waals surface area contributed by atoms with Crippen molar-refractivity contribution in [2.45, 2.75) is 35.7 Å². The molecule has 0 aliphatic carbocycles. The first-order valence-corrected chi connectivity index (χ1v) is 15.3. The highest BCUT2D eigenvalue weighted by molar-refractivity contribution is 7.99. The van der Waals surface area contributed by atoms with Crippen LogP contribution in [0.1, 0.15) is 18.0 Å². The van der Waals surface area contributed by atoms with E-state index in [1.54, 1.807) is 9.80 Å². The molecule has 3 atom stereocenters. The third kappa shape index (κ3) is 4.87. The maximum atomic E-state index is 15.2. The Morgan fingerprint density at radius 3 is 2.57 bits per heavy atom. The van der Waals surface area contributed by atoms with Gasteiger partial charge in [-0.25, -0.2) is 13.6 Å². The summed E-state index contributed by atoms with van der Waals surface area (Å²) in [6.07, 6.45) is -2.69. The molecule has 2 bridgehead atoms. The number of halogens is 5. The summed E-state index contributed by atoms with van der Waals surface area (Å²) in [4.78, 5) is 36.0. The van der Waals surface area contributed by atoms with Crippen molar-refractivity contribution in [2.24, 2.45) is 0 Å². The number of hydrogen-bond acceptors (Lipinski definition) is 7. The van der Waals surface area contributed by atoms with Crippen LogP contribution in [0.3, 0.4) is 0 Å². The summed E-state index contributed by atoms with van der Waals surface area (Å²) in [5, 5.41) is 0.116. The zero-order chi connectivity index (χ0) is 30.9. The monoisotopic (exact) mass is 633 g/mol. The highest BCUT2D eigenvalue weighted by Crippen LogP contribution is 2.50. The third-order valence-corrected chi connectivity index (χ3v) is 10.2. The van der Waals surface area contributed by atoms with Crippen LogP contribution in [0.4, 0.5) is 27.8 Å². The fraction of sp³-hybridized carbons (Fsp3) is 0.433. The Kier molecular flexibility index (Phi) is 7.20. The Balaban J connectivity index is 1.43. The van der Waals surface area contributed by atoms with Gasteiger partial charge in [0.15, 0.2) is 0 Å². The molecule has 0 N–H and O–H groups in total. The van der Waals surface area contributed by atoms with Crippen LogP contribution in [0, 0.1) is 11.6 Å². The van der Waals surface area contributed by atoms with E-state index in [4.69, 9.17) is 4.74 Å². The minimum Gasteiger partial charge on any atom is -0.375 e. The van der Waals surface area contributed by atoms with Gasteiger partial charge in [-0.1, -0.05) is 6.58 Å². The molecule has 0 radical (unpaired) electrons. The lowest BCUT2D eigenvalue weighted by Gasteiger charge is -2.38. The molecule has 8 nitrogen and oxygen atoms in total. The number of thioether (sulfide) groups is 1. The summed E-state index contributed by atoms with van der Waals surface area (Å²) in [6, 6.07) is 3.22. The number of likely N-dealkylation sites (tertiary alicyclic amines) is 1. The van der Waals surface area contributed by atoms with Crippen molar-refractivity contribution < 1.29 is 31.5 Å². The van der Waals surface area contributed by atoms with Gasteiger partial charge in [0.2, 0.25) is 5.91 Å². The molecule has 232 valence electrons. The summed E-state index contributed by atoms with van der Waals surface area (Å²) in [5.41, 5.74) is -2.29. The molecule has 1 aromatic heterocycles. The largest absolute Gasteiger partial charge is 0.417 e. The van der Waals surface area contributed by atoms with Gasteiger partial charge in [-0.3, -0.25) is 14.3 Å². The molecule has 0 spiro atoms. The van der Waals surface area contributed by atoms with Gasteiger partial charge >= 0.3 is 11.9 Å². The molecule has 44 heavy (non-hydrogen) atoms. The SMILES string of the molecule is C=CC(=O)N1CCN(c2nc(=O)n3c4c(c(-c5ccc(F)cc5F)c(C(F)(F)F)cc24)SC[C@@H]3CN2C[C@@H]3C[C@H]2CO3)CC1. The molecule has 3 fully saturated rings. The lowest BCUT2D eigenvalue weighted by atomic mass is 9.95. The molecular weight excluding hydrogens is 605 g/mol.